The topological polar surface area (TPSA) is 74.0 Å². The Balaban J connectivity index is 0.000000260. The molecule has 2 atom stereocenters. The van der Waals surface area contributed by atoms with Crippen molar-refractivity contribution in [1.29, 1.82) is 0 Å². The van der Waals surface area contributed by atoms with E-state index in [0.29, 0.717) is 17.7 Å². The van der Waals surface area contributed by atoms with Crippen LogP contribution in [-0.2, 0) is 4.79 Å². The first-order valence-electron chi connectivity index (χ1n) is 9.12. The third-order valence-corrected chi connectivity index (χ3v) is 5.35. The van der Waals surface area contributed by atoms with Gasteiger partial charge in [0.05, 0.1) is 6.26 Å². The second-order valence-electron chi connectivity index (χ2n) is 7.40. The zero-order chi connectivity index (χ0) is 19.6. The maximum absolute atomic E-state index is 12.4. The molecule has 1 N–H and O–H groups in total. The van der Waals surface area contributed by atoms with Crippen LogP contribution >= 0.6 is 0 Å². The van der Waals surface area contributed by atoms with Crippen molar-refractivity contribution in [2.24, 2.45) is 11.8 Å². The number of carbonyl (C=O) groups excluding carboxylic acids is 1. The summed E-state index contributed by atoms with van der Waals surface area (Å²) < 4.78 is 37.0. The van der Waals surface area contributed by atoms with Crippen LogP contribution in [0, 0.1) is 11.8 Å². The van der Waals surface area contributed by atoms with Gasteiger partial charge in [0.15, 0.2) is 5.76 Å². The Morgan fingerprint density at radius 2 is 1.93 bits per heavy atom. The number of rotatable bonds is 3. The number of hydrogen-bond acceptors (Lipinski definition) is 4. The highest BCUT2D eigenvalue weighted by molar-refractivity contribution is 5.91. The molecule has 0 bridgehead atoms. The van der Waals surface area contributed by atoms with Gasteiger partial charge in [-0.05, 0) is 56.2 Å². The van der Waals surface area contributed by atoms with E-state index in [2.05, 4.69) is 4.90 Å². The van der Waals surface area contributed by atoms with Gasteiger partial charge in [-0.15, -0.1) is 0 Å². The van der Waals surface area contributed by atoms with Crippen molar-refractivity contribution >= 4 is 11.9 Å². The first-order chi connectivity index (χ1) is 12.8. The number of furan rings is 1. The summed E-state index contributed by atoms with van der Waals surface area (Å²) in [6, 6.07) is 4.14. The Kier molecular flexibility index (Phi) is 5.78. The third kappa shape index (κ3) is 5.03. The fraction of sp³-hybridized carbons (Fsp3) is 0.667. The number of carbonyl (C=O) groups is 2. The lowest BCUT2D eigenvalue weighted by Gasteiger charge is -2.36. The summed E-state index contributed by atoms with van der Waals surface area (Å²) in [7, 11) is 0. The van der Waals surface area contributed by atoms with Gasteiger partial charge in [0.1, 0.15) is 0 Å². The predicted octanol–water partition coefficient (Wildman–Crippen LogP) is 2.86. The van der Waals surface area contributed by atoms with Gasteiger partial charge in [-0.25, -0.2) is 4.79 Å². The van der Waals surface area contributed by atoms with E-state index in [1.165, 1.54) is 38.8 Å². The van der Waals surface area contributed by atoms with Gasteiger partial charge in [-0.3, -0.25) is 9.69 Å². The largest absolute Gasteiger partial charge is 0.490 e. The van der Waals surface area contributed by atoms with Crippen molar-refractivity contribution in [3.63, 3.8) is 0 Å². The summed E-state index contributed by atoms with van der Waals surface area (Å²) in [4.78, 5) is 26.0. The Morgan fingerprint density at radius 3 is 2.48 bits per heavy atom. The molecular weight excluding hydrogens is 365 g/mol. The average Bonchev–Trinajstić information content (AvgIpc) is 3.11. The number of piperidine rings is 1. The van der Waals surface area contributed by atoms with Crippen LogP contribution in [0.2, 0.25) is 0 Å². The number of likely N-dealkylation sites (tertiary alicyclic amines) is 2. The van der Waals surface area contributed by atoms with Gasteiger partial charge in [-0.2, -0.15) is 13.2 Å². The van der Waals surface area contributed by atoms with Gasteiger partial charge >= 0.3 is 12.1 Å². The number of fused-ring (bicyclic) bond motifs is 1. The molecule has 3 heterocycles. The number of amides is 1. The monoisotopic (exact) mass is 388 g/mol. The molecule has 2 saturated heterocycles. The van der Waals surface area contributed by atoms with Crippen molar-refractivity contribution in [3.8, 4) is 0 Å². The Labute approximate surface area is 154 Å². The summed E-state index contributed by atoms with van der Waals surface area (Å²) >= 11 is 0. The van der Waals surface area contributed by atoms with E-state index in [4.69, 9.17) is 14.3 Å². The number of nitrogens with zero attached hydrogens (tertiary/aromatic N) is 2. The highest BCUT2D eigenvalue weighted by Crippen LogP contribution is 2.36. The molecule has 27 heavy (non-hydrogen) atoms. The predicted molar refractivity (Wildman–Crippen MR) is 89.1 cm³/mol. The van der Waals surface area contributed by atoms with Gasteiger partial charge in [0.25, 0.3) is 5.91 Å². The molecule has 3 fully saturated rings. The van der Waals surface area contributed by atoms with E-state index in [1.54, 1.807) is 18.4 Å². The number of aliphatic carboxylic acids is 1. The van der Waals surface area contributed by atoms with Crippen molar-refractivity contribution in [2.45, 2.75) is 37.9 Å². The van der Waals surface area contributed by atoms with Crippen LogP contribution in [0.15, 0.2) is 22.8 Å². The molecule has 150 valence electrons. The van der Waals surface area contributed by atoms with E-state index in [9.17, 15) is 18.0 Å². The summed E-state index contributed by atoms with van der Waals surface area (Å²) in [6.07, 6.45) is 1.87. The summed E-state index contributed by atoms with van der Waals surface area (Å²) in [5, 5.41) is 7.12. The van der Waals surface area contributed by atoms with E-state index >= 15 is 0 Å². The zero-order valence-corrected chi connectivity index (χ0v) is 14.8. The molecule has 1 aromatic rings. The fourth-order valence-corrected chi connectivity index (χ4v) is 3.85. The third-order valence-electron chi connectivity index (χ3n) is 5.35. The minimum Gasteiger partial charge on any atom is -0.475 e. The SMILES string of the molecule is O=C(O)C(F)(F)F.O=C(c1ccco1)N1C[C@H]2CCCN(CC3CC3)[C@H]2C1. The lowest BCUT2D eigenvalue weighted by Crippen LogP contribution is -2.46. The molecule has 1 aliphatic carbocycles. The highest BCUT2D eigenvalue weighted by atomic mass is 19.4. The summed E-state index contributed by atoms with van der Waals surface area (Å²) in [5.41, 5.74) is 0. The van der Waals surface area contributed by atoms with E-state index in [1.807, 2.05) is 4.90 Å². The lowest BCUT2D eigenvalue weighted by molar-refractivity contribution is -0.192. The van der Waals surface area contributed by atoms with Crippen LogP contribution in [0.1, 0.15) is 36.2 Å². The van der Waals surface area contributed by atoms with Crippen LogP contribution in [0.4, 0.5) is 13.2 Å². The van der Waals surface area contributed by atoms with Crippen LogP contribution < -0.4 is 0 Å². The minimum atomic E-state index is -5.08. The first kappa shape index (κ1) is 19.7. The quantitative estimate of drug-likeness (QED) is 0.862. The van der Waals surface area contributed by atoms with Crippen LogP contribution in [0.25, 0.3) is 0 Å². The minimum absolute atomic E-state index is 0.0655. The molecule has 1 saturated carbocycles. The van der Waals surface area contributed by atoms with Crippen LogP contribution in [-0.4, -0.2) is 65.2 Å². The van der Waals surface area contributed by atoms with E-state index < -0.39 is 12.1 Å². The maximum atomic E-state index is 12.4. The van der Waals surface area contributed by atoms with Crippen LogP contribution in [0.5, 0.6) is 0 Å². The number of carboxylic acids is 1. The van der Waals surface area contributed by atoms with Gasteiger partial charge in [0, 0.05) is 25.7 Å². The number of halogens is 3. The Hall–Kier alpha value is -2.03. The first-order valence-corrected chi connectivity index (χ1v) is 9.12. The van der Waals surface area contributed by atoms with Crippen LogP contribution in [0.3, 0.4) is 0 Å². The van der Waals surface area contributed by atoms with Crippen molar-refractivity contribution in [3.05, 3.63) is 24.2 Å². The molecule has 2 aliphatic heterocycles. The second kappa shape index (κ2) is 7.92. The molecule has 9 heteroatoms. The second-order valence-corrected chi connectivity index (χ2v) is 7.40. The molecule has 0 aromatic carbocycles. The molecule has 1 aromatic heterocycles. The molecule has 0 unspecified atom stereocenters. The van der Waals surface area contributed by atoms with Crippen molar-refractivity contribution in [2.75, 3.05) is 26.2 Å². The molecule has 4 rings (SSSR count). The smallest absolute Gasteiger partial charge is 0.475 e. The maximum Gasteiger partial charge on any atom is 0.490 e. The number of alkyl halides is 3. The molecule has 0 radical (unpaired) electrons. The molecular formula is C18H23F3N2O4. The van der Waals surface area contributed by atoms with Gasteiger partial charge in [-0.1, -0.05) is 0 Å². The molecule has 0 spiro atoms. The fourth-order valence-electron chi connectivity index (χ4n) is 3.85. The molecule has 3 aliphatic rings. The molecule has 1 amide bonds. The molecule has 6 nitrogen and oxygen atoms in total. The van der Waals surface area contributed by atoms with Crippen molar-refractivity contribution in [1.82, 2.24) is 9.80 Å². The normalized spacial score (nSPS) is 25.5. The summed E-state index contributed by atoms with van der Waals surface area (Å²) in [6.45, 7) is 4.27. The summed E-state index contributed by atoms with van der Waals surface area (Å²) in [5.74, 6) is -0.606. The number of carboxylic acid groups (broad SMARTS) is 1. The zero-order valence-electron chi connectivity index (χ0n) is 14.8. The highest BCUT2D eigenvalue weighted by Gasteiger charge is 2.42. The Bertz CT molecular complexity index is 658. The standard InChI is InChI=1S/C16H22N2O2.C2HF3O2/c19-16(15-4-2-8-20-15)18-10-13-3-1-7-17(14(13)11-18)9-12-5-6-12;3-2(4,5)1(6)7/h2,4,8,12-14H,1,3,5-7,9-11H2;(H,6,7)/t13-,14+;/m1./s1. The Morgan fingerprint density at radius 1 is 1.22 bits per heavy atom. The van der Waals surface area contributed by atoms with Gasteiger partial charge < -0.3 is 14.4 Å². The van der Waals surface area contributed by atoms with E-state index in [-0.39, 0.29) is 5.91 Å². The van der Waals surface area contributed by atoms with E-state index in [0.717, 1.165) is 19.0 Å². The lowest BCUT2D eigenvalue weighted by atomic mass is 9.92. The van der Waals surface area contributed by atoms with Crippen molar-refractivity contribution < 1.29 is 32.3 Å². The average molecular weight is 388 g/mol. The number of hydrogen-bond donors (Lipinski definition) is 1. The van der Waals surface area contributed by atoms with Gasteiger partial charge in [0.2, 0.25) is 0 Å².